The van der Waals surface area contributed by atoms with Gasteiger partial charge in [0, 0.05) is 7.05 Å². The Kier molecular flexibility index (Phi) is 3.41. The third-order valence-corrected chi connectivity index (χ3v) is 4.20. The van der Waals surface area contributed by atoms with Crippen LogP contribution in [0.5, 0.6) is 0 Å². The predicted molar refractivity (Wildman–Crippen MR) is 71.5 cm³/mol. The highest BCUT2D eigenvalue weighted by molar-refractivity contribution is 7.22. The van der Waals surface area contributed by atoms with Crippen molar-refractivity contribution >= 4 is 61.6 Å². The monoisotopic (exact) mass is 278 g/mol. The number of anilines is 3. The minimum Gasteiger partial charge on any atom is -0.386 e. The standard InChI is InChI=1S/C9H8Cl2N2S2/c1-12-5-4-8(15-9(5)11)13-7-3-2-6(10)14-7/h2-4,12-13H,1H3. The van der Waals surface area contributed by atoms with E-state index in [4.69, 9.17) is 23.2 Å². The predicted octanol–water partition coefficient (Wildman–Crippen LogP) is 4.90. The van der Waals surface area contributed by atoms with Crippen LogP contribution in [0, 0.1) is 0 Å². The molecule has 0 radical (unpaired) electrons. The molecule has 2 rings (SSSR count). The second-order valence-corrected chi connectivity index (χ2v) is 6.15. The molecular weight excluding hydrogens is 271 g/mol. The number of thiophene rings is 2. The van der Waals surface area contributed by atoms with Crippen molar-refractivity contribution in [2.75, 3.05) is 17.7 Å². The number of halogens is 2. The summed E-state index contributed by atoms with van der Waals surface area (Å²) in [5.41, 5.74) is 0.937. The third kappa shape index (κ3) is 2.58. The van der Waals surface area contributed by atoms with Gasteiger partial charge in [0.15, 0.2) is 0 Å². The van der Waals surface area contributed by atoms with Crippen LogP contribution in [-0.4, -0.2) is 7.05 Å². The summed E-state index contributed by atoms with van der Waals surface area (Å²) in [6, 6.07) is 5.78. The third-order valence-electron chi connectivity index (χ3n) is 1.78. The topological polar surface area (TPSA) is 24.1 Å². The van der Waals surface area contributed by atoms with E-state index in [1.165, 1.54) is 22.7 Å². The summed E-state index contributed by atoms with van der Waals surface area (Å²) in [6.45, 7) is 0. The van der Waals surface area contributed by atoms with Crippen molar-refractivity contribution in [3.8, 4) is 0 Å². The van der Waals surface area contributed by atoms with Crippen molar-refractivity contribution in [1.29, 1.82) is 0 Å². The SMILES string of the molecule is CNc1cc(Nc2ccc(Cl)s2)sc1Cl. The van der Waals surface area contributed by atoms with Crippen LogP contribution in [0.3, 0.4) is 0 Å². The van der Waals surface area contributed by atoms with Crippen LogP contribution in [0.25, 0.3) is 0 Å². The molecule has 0 fully saturated rings. The molecule has 0 saturated heterocycles. The lowest BCUT2D eigenvalue weighted by Crippen LogP contribution is -1.85. The molecule has 2 heterocycles. The number of nitrogens with one attached hydrogen (secondary N) is 2. The van der Waals surface area contributed by atoms with Crippen LogP contribution in [0.2, 0.25) is 8.67 Å². The van der Waals surface area contributed by atoms with Gasteiger partial charge in [-0.2, -0.15) is 0 Å². The molecule has 15 heavy (non-hydrogen) atoms. The van der Waals surface area contributed by atoms with Gasteiger partial charge in [-0.15, -0.1) is 22.7 Å². The Morgan fingerprint density at radius 3 is 2.47 bits per heavy atom. The average Bonchev–Trinajstić information content (AvgIpc) is 2.73. The summed E-state index contributed by atoms with van der Waals surface area (Å²) in [5, 5.41) is 8.29. The van der Waals surface area contributed by atoms with Crippen LogP contribution in [0.15, 0.2) is 18.2 Å². The minimum atomic E-state index is 0.752. The normalized spacial score (nSPS) is 10.3. The first-order valence-electron chi connectivity index (χ1n) is 4.18. The van der Waals surface area contributed by atoms with E-state index in [0.717, 1.165) is 24.4 Å². The Labute approximate surface area is 106 Å². The number of hydrogen-bond acceptors (Lipinski definition) is 4. The quantitative estimate of drug-likeness (QED) is 0.834. The molecule has 0 aliphatic rings. The Morgan fingerprint density at radius 1 is 1.13 bits per heavy atom. The van der Waals surface area contributed by atoms with E-state index in [2.05, 4.69) is 10.6 Å². The lowest BCUT2D eigenvalue weighted by molar-refractivity contribution is 1.55. The molecular formula is C9H8Cl2N2S2. The van der Waals surface area contributed by atoms with Gasteiger partial charge in [-0.25, -0.2) is 0 Å². The molecule has 0 saturated carbocycles. The van der Waals surface area contributed by atoms with E-state index in [0.29, 0.717) is 0 Å². The summed E-state index contributed by atoms with van der Waals surface area (Å²) in [7, 11) is 1.85. The Balaban J connectivity index is 2.17. The van der Waals surface area contributed by atoms with Crippen LogP contribution in [0.4, 0.5) is 15.7 Å². The Bertz CT molecular complexity index is 464. The van der Waals surface area contributed by atoms with Crippen molar-refractivity contribution in [2.24, 2.45) is 0 Å². The van der Waals surface area contributed by atoms with Crippen LogP contribution in [0.1, 0.15) is 0 Å². The summed E-state index contributed by atoms with van der Waals surface area (Å²) < 4.78 is 1.52. The van der Waals surface area contributed by atoms with Crippen molar-refractivity contribution in [3.63, 3.8) is 0 Å². The second-order valence-electron chi connectivity index (χ2n) is 2.78. The maximum atomic E-state index is 6.01. The van der Waals surface area contributed by atoms with Crippen molar-refractivity contribution in [2.45, 2.75) is 0 Å². The Morgan fingerprint density at radius 2 is 1.93 bits per heavy atom. The molecule has 80 valence electrons. The summed E-state index contributed by atoms with van der Waals surface area (Å²) in [4.78, 5) is 0. The fourth-order valence-corrected chi connectivity index (χ4v) is 3.32. The summed E-state index contributed by atoms with van der Waals surface area (Å²) in [5.74, 6) is 0. The van der Waals surface area contributed by atoms with Crippen LogP contribution in [-0.2, 0) is 0 Å². The maximum absolute atomic E-state index is 6.01. The summed E-state index contributed by atoms with van der Waals surface area (Å²) >= 11 is 14.8. The first kappa shape index (κ1) is 11.1. The van der Waals surface area contributed by atoms with Gasteiger partial charge in [0.25, 0.3) is 0 Å². The first-order chi connectivity index (χ1) is 7.19. The molecule has 0 aromatic carbocycles. The van der Waals surface area contributed by atoms with Gasteiger partial charge in [-0.05, 0) is 18.2 Å². The van der Waals surface area contributed by atoms with E-state index in [1.807, 2.05) is 25.2 Å². The molecule has 0 unspecified atom stereocenters. The highest BCUT2D eigenvalue weighted by Gasteiger charge is 2.06. The van der Waals surface area contributed by atoms with Crippen molar-refractivity contribution in [3.05, 3.63) is 26.9 Å². The minimum absolute atomic E-state index is 0.752. The van der Waals surface area contributed by atoms with E-state index >= 15 is 0 Å². The lowest BCUT2D eigenvalue weighted by atomic mass is 10.5. The average molecular weight is 279 g/mol. The van der Waals surface area contributed by atoms with E-state index in [9.17, 15) is 0 Å². The van der Waals surface area contributed by atoms with Crippen LogP contribution >= 0.6 is 45.9 Å². The number of hydrogen-bond donors (Lipinski definition) is 2. The fraction of sp³-hybridized carbons (Fsp3) is 0.111. The highest BCUT2D eigenvalue weighted by atomic mass is 35.5. The molecule has 0 aliphatic carbocycles. The molecule has 0 bridgehead atoms. The molecule has 2 aromatic heterocycles. The zero-order chi connectivity index (χ0) is 10.8. The zero-order valence-corrected chi connectivity index (χ0v) is 10.9. The second kappa shape index (κ2) is 4.61. The molecule has 0 atom stereocenters. The van der Waals surface area contributed by atoms with Crippen LogP contribution < -0.4 is 10.6 Å². The van der Waals surface area contributed by atoms with Gasteiger partial charge in [0.05, 0.1) is 20.0 Å². The van der Waals surface area contributed by atoms with Crippen molar-refractivity contribution in [1.82, 2.24) is 0 Å². The molecule has 0 aliphatic heterocycles. The molecule has 2 N–H and O–H groups in total. The molecule has 2 nitrogen and oxygen atoms in total. The van der Waals surface area contributed by atoms with E-state index in [1.54, 1.807) is 0 Å². The number of rotatable bonds is 3. The largest absolute Gasteiger partial charge is 0.386 e. The molecule has 2 aromatic rings. The van der Waals surface area contributed by atoms with E-state index < -0.39 is 0 Å². The highest BCUT2D eigenvalue weighted by Crippen LogP contribution is 2.38. The summed E-state index contributed by atoms with van der Waals surface area (Å²) in [6.07, 6.45) is 0. The lowest BCUT2D eigenvalue weighted by Gasteiger charge is -1.97. The molecule has 0 amide bonds. The van der Waals surface area contributed by atoms with Gasteiger partial charge in [-0.3, -0.25) is 0 Å². The van der Waals surface area contributed by atoms with Crippen molar-refractivity contribution < 1.29 is 0 Å². The van der Waals surface area contributed by atoms with Gasteiger partial charge >= 0.3 is 0 Å². The van der Waals surface area contributed by atoms with Gasteiger partial charge in [0.1, 0.15) is 4.34 Å². The van der Waals surface area contributed by atoms with Gasteiger partial charge in [-0.1, -0.05) is 23.2 Å². The van der Waals surface area contributed by atoms with E-state index in [-0.39, 0.29) is 0 Å². The molecule has 0 spiro atoms. The van der Waals surface area contributed by atoms with Gasteiger partial charge < -0.3 is 10.6 Å². The smallest absolute Gasteiger partial charge is 0.118 e. The zero-order valence-electron chi connectivity index (χ0n) is 7.80. The van der Waals surface area contributed by atoms with Gasteiger partial charge in [0.2, 0.25) is 0 Å². The fourth-order valence-electron chi connectivity index (χ4n) is 1.10. The maximum Gasteiger partial charge on any atom is 0.118 e. The first-order valence-corrected chi connectivity index (χ1v) is 6.57. The molecule has 6 heteroatoms. The Hall–Kier alpha value is -0.420.